The summed E-state index contributed by atoms with van der Waals surface area (Å²) in [5.41, 5.74) is 1.72. The number of hydrogen-bond acceptors (Lipinski definition) is 6. The Morgan fingerprint density at radius 2 is 2.03 bits per heavy atom. The van der Waals surface area contributed by atoms with Crippen LogP contribution in [0.4, 0.5) is 15.8 Å². The van der Waals surface area contributed by atoms with E-state index in [9.17, 15) is 19.2 Å². The number of rotatable bonds is 5. The zero-order valence-corrected chi connectivity index (χ0v) is 19.4. The molecular formula is C24H16Cl2FN3O5. The topological polar surface area (TPSA) is 102 Å². The molecule has 178 valence electrons. The third kappa shape index (κ3) is 4.18. The summed E-state index contributed by atoms with van der Waals surface area (Å²) >= 11 is 12.2. The Balaban J connectivity index is 1.56. The van der Waals surface area contributed by atoms with Crippen molar-refractivity contribution in [3.05, 3.63) is 86.0 Å². The number of nitrogens with zero attached hydrogens (tertiary/aromatic N) is 2. The first kappa shape index (κ1) is 23.1. The molecule has 1 aliphatic rings. The van der Waals surface area contributed by atoms with Crippen LogP contribution in [0.5, 0.6) is 11.6 Å². The molecule has 0 atom stereocenters. The molecule has 0 spiro atoms. The molecule has 5 rings (SSSR count). The number of hydrogen-bond donors (Lipinski definition) is 2. The number of nitroso groups, excluding NO2 is 1. The van der Waals surface area contributed by atoms with E-state index in [0.29, 0.717) is 33.5 Å². The van der Waals surface area contributed by atoms with E-state index in [2.05, 4.69) is 10.5 Å². The third-order valence-corrected chi connectivity index (χ3v) is 6.46. The van der Waals surface area contributed by atoms with Gasteiger partial charge in [0.05, 0.1) is 34.3 Å². The summed E-state index contributed by atoms with van der Waals surface area (Å²) in [5.74, 6) is -0.953. The standard InChI is InChI=1S/C24H16Cl2FN3O5/c25-18-3-1-2-17(20(18)26)23(31)28-15-4-5-16-19(8-15)30(24(32)21(16)29-33)9-12-6-14(27)7-13-10-34-11-35-22(12)13/h1-8,32H,9-11H2,(H,28,31). The number of halogens is 3. The number of aromatic hydroxyl groups is 1. The minimum atomic E-state index is -0.500. The number of benzene rings is 3. The van der Waals surface area contributed by atoms with Crippen molar-refractivity contribution in [2.45, 2.75) is 13.2 Å². The van der Waals surface area contributed by atoms with Gasteiger partial charge >= 0.3 is 0 Å². The van der Waals surface area contributed by atoms with Crippen molar-refractivity contribution in [2.75, 3.05) is 12.1 Å². The van der Waals surface area contributed by atoms with Gasteiger partial charge in [0.1, 0.15) is 11.6 Å². The molecular weight excluding hydrogens is 500 g/mol. The summed E-state index contributed by atoms with van der Waals surface area (Å²) in [6.45, 7) is 0.158. The molecule has 8 nitrogen and oxygen atoms in total. The largest absolute Gasteiger partial charge is 0.493 e. The van der Waals surface area contributed by atoms with Gasteiger partial charge < -0.3 is 24.5 Å². The van der Waals surface area contributed by atoms with E-state index in [4.69, 9.17) is 32.7 Å². The fourth-order valence-electron chi connectivity index (χ4n) is 4.07. The molecule has 1 aromatic heterocycles. The molecule has 2 N–H and O–H groups in total. The van der Waals surface area contributed by atoms with Crippen molar-refractivity contribution in [1.82, 2.24) is 4.57 Å². The van der Waals surface area contributed by atoms with E-state index in [-0.39, 0.29) is 41.2 Å². The Bertz CT molecular complexity index is 1500. The first-order chi connectivity index (χ1) is 16.9. The second-order valence-electron chi connectivity index (χ2n) is 7.80. The number of aromatic nitrogens is 1. The molecule has 1 amide bonds. The first-order valence-electron chi connectivity index (χ1n) is 10.3. The third-order valence-electron chi connectivity index (χ3n) is 5.64. The maximum absolute atomic E-state index is 14.3. The highest BCUT2D eigenvalue weighted by atomic mass is 35.5. The molecule has 0 radical (unpaired) electrons. The summed E-state index contributed by atoms with van der Waals surface area (Å²) in [6.07, 6.45) is 0. The van der Waals surface area contributed by atoms with Crippen molar-refractivity contribution in [3.8, 4) is 11.6 Å². The van der Waals surface area contributed by atoms with Gasteiger partial charge in [-0.15, -0.1) is 4.91 Å². The lowest BCUT2D eigenvalue weighted by Gasteiger charge is -2.21. The molecule has 0 saturated heterocycles. The molecule has 0 unspecified atom stereocenters. The van der Waals surface area contributed by atoms with E-state index in [0.717, 1.165) is 0 Å². The molecule has 0 bridgehead atoms. The Hall–Kier alpha value is -3.66. The highest BCUT2D eigenvalue weighted by Gasteiger charge is 2.23. The van der Waals surface area contributed by atoms with Gasteiger partial charge in [0.2, 0.25) is 5.88 Å². The quantitative estimate of drug-likeness (QED) is 0.301. The van der Waals surface area contributed by atoms with Crippen molar-refractivity contribution >= 4 is 51.4 Å². The normalized spacial score (nSPS) is 12.8. The summed E-state index contributed by atoms with van der Waals surface area (Å²) in [5, 5.41) is 17.1. The van der Waals surface area contributed by atoms with Gasteiger partial charge in [-0.05, 0) is 47.6 Å². The average Bonchev–Trinajstić information content (AvgIpc) is 3.10. The number of amides is 1. The predicted octanol–water partition coefficient (Wildman–Crippen LogP) is 6.36. The van der Waals surface area contributed by atoms with Gasteiger partial charge in [0, 0.05) is 22.2 Å². The number of nitrogens with one attached hydrogen (secondary N) is 1. The fraction of sp³-hybridized carbons (Fsp3) is 0.125. The second kappa shape index (κ2) is 9.18. The molecule has 2 heterocycles. The van der Waals surface area contributed by atoms with Gasteiger partial charge in [-0.25, -0.2) is 4.39 Å². The zero-order valence-electron chi connectivity index (χ0n) is 17.8. The molecule has 35 heavy (non-hydrogen) atoms. The Labute approximate surface area is 207 Å². The molecule has 0 fully saturated rings. The molecule has 1 aliphatic heterocycles. The Kier molecular flexibility index (Phi) is 6.06. The van der Waals surface area contributed by atoms with Crippen LogP contribution in [-0.2, 0) is 17.9 Å². The number of ether oxygens (including phenoxy) is 2. The summed E-state index contributed by atoms with van der Waals surface area (Å²) in [7, 11) is 0. The molecule has 4 aromatic rings. The molecule has 0 aliphatic carbocycles. The minimum Gasteiger partial charge on any atom is -0.493 e. The second-order valence-corrected chi connectivity index (χ2v) is 8.59. The number of carbonyl (C=O) groups is 1. The number of carbonyl (C=O) groups excluding carboxylic acids is 1. The van der Waals surface area contributed by atoms with Crippen LogP contribution in [0.2, 0.25) is 10.0 Å². The van der Waals surface area contributed by atoms with E-state index >= 15 is 0 Å². The lowest BCUT2D eigenvalue weighted by Crippen LogP contribution is -2.15. The number of fused-ring (bicyclic) bond motifs is 2. The number of anilines is 1. The van der Waals surface area contributed by atoms with Crippen molar-refractivity contribution in [2.24, 2.45) is 5.18 Å². The Morgan fingerprint density at radius 3 is 2.83 bits per heavy atom. The average molecular weight is 516 g/mol. The Morgan fingerprint density at radius 1 is 1.20 bits per heavy atom. The summed E-state index contributed by atoms with van der Waals surface area (Å²) in [6, 6.07) is 12.0. The van der Waals surface area contributed by atoms with Gasteiger partial charge in [0.25, 0.3) is 5.91 Å². The first-order valence-corrected chi connectivity index (χ1v) is 11.1. The van der Waals surface area contributed by atoms with Gasteiger partial charge in [-0.1, -0.05) is 29.3 Å². The zero-order chi connectivity index (χ0) is 24.7. The lowest BCUT2D eigenvalue weighted by molar-refractivity contribution is -0.0173. The van der Waals surface area contributed by atoms with Crippen LogP contribution in [0, 0.1) is 10.7 Å². The van der Waals surface area contributed by atoms with Crippen LogP contribution >= 0.6 is 23.2 Å². The van der Waals surface area contributed by atoms with Crippen LogP contribution < -0.4 is 10.1 Å². The fourth-order valence-corrected chi connectivity index (χ4v) is 4.45. The smallest absolute Gasteiger partial charge is 0.257 e. The van der Waals surface area contributed by atoms with E-state index < -0.39 is 17.6 Å². The van der Waals surface area contributed by atoms with Crippen molar-refractivity contribution in [1.29, 1.82) is 0 Å². The SMILES string of the molecule is O=Nc1c(O)n(Cc2cc(F)cc3c2OCOC3)c2cc(NC(=O)c3cccc(Cl)c3Cl)ccc12. The summed E-state index contributed by atoms with van der Waals surface area (Å²) < 4.78 is 26.4. The van der Waals surface area contributed by atoms with E-state index in [1.165, 1.54) is 22.8 Å². The maximum Gasteiger partial charge on any atom is 0.257 e. The van der Waals surface area contributed by atoms with Crippen LogP contribution in [0.15, 0.2) is 53.7 Å². The minimum absolute atomic E-state index is 0.00737. The van der Waals surface area contributed by atoms with Crippen LogP contribution in [-0.4, -0.2) is 22.4 Å². The summed E-state index contributed by atoms with van der Waals surface area (Å²) in [4.78, 5) is 24.3. The highest BCUT2D eigenvalue weighted by molar-refractivity contribution is 6.44. The van der Waals surface area contributed by atoms with Crippen molar-refractivity contribution < 1.29 is 23.8 Å². The van der Waals surface area contributed by atoms with Gasteiger partial charge in [-0.3, -0.25) is 4.79 Å². The van der Waals surface area contributed by atoms with Crippen LogP contribution in [0.3, 0.4) is 0 Å². The van der Waals surface area contributed by atoms with E-state index in [1.54, 1.807) is 30.3 Å². The van der Waals surface area contributed by atoms with Crippen LogP contribution in [0.25, 0.3) is 10.9 Å². The van der Waals surface area contributed by atoms with Crippen molar-refractivity contribution in [3.63, 3.8) is 0 Å². The molecule has 3 aromatic carbocycles. The van der Waals surface area contributed by atoms with Gasteiger partial charge in [-0.2, -0.15) is 0 Å². The highest BCUT2D eigenvalue weighted by Crippen LogP contribution is 2.41. The predicted molar refractivity (Wildman–Crippen MR) is 129 cm³/mol. The monoisotopic (exact) mass is 515 g/mol. The van der Waals surface area contributed by atoms with Crippen LogP contribution in [0.1, 0.15) is 21.5 Å². The van der Waals surface area contributed by atoms with E-state index in [1.807, 2.05) is 0 Å². The maximum atomic E-state index is 14.3. The van der Waals surface area contributed by atoms with Gasteiger partial charge in [0.15, 0.2) is 12.5 Å². The molecule has 11 heteroatoms. The lowest BCUT2D eigenvalue weighted by atomic mass is 10.1. The molecule has 0 saturated carbocycles.